The van der Waals surface area contributed by atoms with Crippen molar-refractivity contribution in [2.75, 3.05) is 29.9 Å². The highest BCUT2D eigenvalue weighted by molar-refractivity contribution is 5.93. The Balaban J connectivity index is 2.11. The Bertz CT molecular complexity index is 726. The molecule has 0 spiro atoms. The van der Waals surface area contributed by atoms with E-state index < -0.39 is 0 Å². The Morgan fingerprint density at radius 1 is 1.12 bits per heavy atom. The molecular formula is C21H30N4O. The van der Waals surface area contributed by atoms with Crippen LogP contribution in [0.1, 0.15) is 49.7 Å². The smallest absolute Gasteiger partial charge is 0.269 e. The molecule has 0 aliphatic rings. The number of carbonyl (C=O) groups is 1. The van der Waals surface area contributed by atoms with Gasteiger partial charge in [0.05, 0.1) is 0 Å². The number of carbonyl (C=O) groups excluding carboxylic acids is 1. The van der Waals surface area contributed by atoms with Crippen molar-refractivity contribution in [1.82, 2.24) is 10.3 Å². The van der Waals surface area contributed by atoms with Gasteiger partial charge in [-0.2, -0.15) is 0 Å². The van der Waals surface area contributed by atoms with E-state index >= 15 is 0 Å². The molecule has 1 amide bonds. The molecule has 0 atom stereocenters. The maximum Gasteiger partial charge on any atom is 0.269 e. The van der Waals surface area contributed by atoms with Crippen LogP contribution >= 0.6 is 0 Å². The van der Waals surface area contributed by atoms with Crippen molar-refractivity contribution in [3.05, 3.63) is 47.8 Å². The Hall–Kier alpha value is -2.56. The summed E-state index contributed by atoms with van der Waals surface area (Å²) in [5.74, 6) is -0.129. The molecule has 0 bridgehead atoms. The van der Waals surface area contributed by atoms with E-state index in [4.69, 9.17) is 0 Å². The lowest BCUT2D eigenvalue weighted by Gasteiger charge is -2.22. The fourth-order valence-electron chi connectivity index (χ4n) is 2.83. The first-order chi connectivity index (χ1) is 12.6. The normalized spacial score (nSPS) is 10.5. The number of nitrogens with one attached hydrogen (secondary N) is 2. The van der Waals surface area contributed by atoms with Gasteiger partial charge in [-0.1, -0.05) is 13.3 Å². The molecule has 0 unspecified atom stereocenters. The Morgan fingerprint density at radius 2 is 1.88 bits per heavy atom. The highest BCUT2D eigenvalue weighted by Crippen LogP contribution is 2.25. The van der Waals surface area contributed by atoms with Crippen molar-refractivity contribution in [3.63, 3.8) is 0 Å². The molecule has 0 saturated heterocycles. The number of amides is 1. The average Bonchev–Trinajstić information content (AvgIpc) is 2.65. The zero-order chi connectivity index (χ0) is 18.9. The first kappa shape index (κ1) is 19.8. The first-order valence-electron chi connectivity index (χ1n) is 9.45. The van der Waals surface area contributed by atoms with Crippen LogP contribution in [0.3, 0.4) is 0 Å². The van der Waals surface area contributed by atoms with Gasteiger partial charge in [-0.15, -0.1) is 0 Å². The van der Waals surface area contributed by atoms with Gasteiger partial charge in [0.2, 0.25) is 0 Å². The van der Waals surface area contributed by atoms with Crippen molar-refractivity contribution < 1.29 is 4.79 Å². The van der Waals surface area contributed by atoms with Crippen LogP contribution in [0.5, 0.6) is 0 Å². The average molecular weight is 354 g/mol. The van der Waals surface area contributed by atoms with E-state index in [1.165, 1.54) is 11.3 Å². The minimum Gasteiger partial charge on any atom is -0.372 e. The summed E-state index contributed by atoms with van der Waals surface area (Å²) >= 11 is 0. The predicted molar refractivity (Wildman–Crippen MR) is 110 cm³/mol. The summed E-state index contributed by atoms with van der Waals surface area (Å²) in [6, 6.07) is 10.1. The van der Waals surface area contributed by atoms with Gasteiger partial charge < -0.3 is 15.5 Å². The SMILES string of the molecule is CCCCNC(=O)c1cc(Nc2ccc(N(CC)CC)cc2C)ccn1. The van der Waals surface area contributed by atoms with Crippen molar-refractivity contribution in [1.29, 1.82) is 0 Å². The van der Waals surface area contributed by atoms with E-state index in [1.807, 2.05) is 6.07 Å². The molecule has 0 fully saturated rings. The van der Waals surface area contributed by atoms with Crippen molar-refractivity contribution in [3.8, 4) is 0 Å². The van der Waals surface area contributed by atoms with Gasteiger partial charge >= 0.3 is 0 Å². The summed E-state index contributed by atoms with van der Waals surface area (Å²) in [6.07, 6.45) is 3.69. The standard InChI is InChI=1S/C21H30N4O/c1-5-8-12-23-21(26)20-15-17(11-13-22-20)24-19-10-9-18(14-16(19)4)25(6-2)7-3/h9-11,13-15H,5-8,12H2,1-4H3,(H,22,24)(H,23,26). The number of pyridine rings is 1. The predicted octanol–water partition coefficient (Wildman–Crippen LogP) is 4.51. The number of aromatic nitrogens is 1. The number of hydrogen-bond donors (Lipinski definition) is 2. The molecule has 0 aliphatic carbocycles. The Morgan fingerprint density at radius 3 is 2.54 bits per heavy atom. The zero-order valence-electron chi connectivity index (χ0n) is 16.3. The monoisotopic (exact) mass is 354 g/mol. The molecule has 1 aromatic heterocycles. The number of benzene rings is 1. The van der Waals surface area contributed by atoms with Gasteiger partial charge in [-0.3, -0.25) is 9.78 Å². The Kier molecular flexibility index (Phi) is 7.45. The second kappa shape index (κ2) is 9.80. The molecule has 140 valence electrons. The number of hydrogen-bond acceptors (Lipinski definition) is 4. The topological polar surface area (TPSA) is 57.3 Å². The number of rotatable bonds is 9. The van der Waals surface area contributed by atoms with E-state index in [9.17, 15) is 4.79 Å². The lowest BCUT2D eigenvalue weighted by atomic mass is 10.1. The Labute approximate surface area is 156 Å². The van der Waals surface area contributed by atoms with Crippen LogP contribution in [0.4, 0.5) is 17.1 Å². The van der Waals surface area contributed by atoms with E-state index in [1.54, 1.807) is 12.3 Å². The number of unbranched alkanes of at least 4 members (excludes halogenated alkanes) is 1. The van der Waals surface area contributed by atoms with Crippen LogP contribution in [-0.4, -0.2) is 30.5 Å². The third kappa shape index (κ3) is 5.22. The molecular weight excluding hydrogens is 324 g/mol. The summed E-state index contributed by atoms with van der Waals surface area (Å²) in [7, 11) is 0. The molecule has 1 aromatic carbocycles. The van der Waals surface area contributed by atoms with Gasteiger partial charge in [0.15, 0.2) is 0 Å². The number of nitrogens with zero attached hydrogens (tertiary/aromatic N) is 2. The van der Waals surface area contributed by atoms with Crippen molar-refractivity contribution in [2.24, 2.45) is 0 Å². The molecule has 0 radical (unpaired) electrons. The van der Waals surface area contributed by atoms with Crippen LogP contribution in [-0.2, 0) is 0 Å². The third-order valence-electron chi connectivity index (χ3n) is 4.43. The maximum absolute atomic E-state index is 12.2. The summed E-state index contributed by atoms with van der Waals surface area (Å²) in [4.78, 5) is 18.7. The van der Waals surface area contributed by atoms with Crippen LogP contribution < -0.4 is 15.5 Å². The van der Waals surface area contributed by atoms with E-state index in [2.05, 4.69) is 66.4 Å². The lowest BCUT2D eigenvalue weighted by Crippen LogP contribution is -2.25. The second-order valence-electron chi connectivity index (χ2n) is 6.34. The molecule has 2 aromatic rings. The molecule has 1 heterocycles. The molecule has 0 saturated carbocycles. The molecule has 0 aliphatic heterocycles. The van der Waals surface area contributed by atoms with Crippen LogP contribution in [0.2, 0.25) is 0 Å². The highest BCUT2D eigenvalue weighted by Gasteiger charge is 2.09. The van der Waals surface area contributed by atoms with Gasteiger partial charge in [0.1, 0.15) is 5.69 Å². The summed E-state index contributed by atoms with van der Waals surface area (Å²) < 4.78 is 0. The van der Waals surface area contributed by atoms with Crippen molar-refractivity contribution in [2.45, 2.75) is 40.5 Å². The second-order valence-corrected chi connectivity index (χ2v) is 6.34. The van der Waals surface area contributed by atoms with E-state index in [0.717, 1.165) is 37.3 Å². The van der Waals surface area contributed by atoms with Crippen LogP contribution in [0.25, 0.3) is 0 Å². The summed E-state index contributed by atoms with van der Waals surface area (Å²) in [6.45, 7) is 11.2. The van der Waals surface area contributed by atoms with Gasteiger partial charge in [0, 0.05) is 42.9 Å². The van der Waals surface area contributed by atoms with Gasteiger partial charge in [0.25, 0.3) is 5.91 Å². The summed E-state index contributed by atoms with van der Waals surface area (Å²) in [5.41, 5.74) is 4.72. The number of anilines is 3. The maximum atomic E-state index is 12.2. The molecule has 5 heteroatoms. The number of aryl methyl sites for hydroxylation is 1. The van der Waals surface area contributed by atoms with Gasteiger partial charge in [-0.25, -0.2) is 0 Å². The highest BCUT2D eigenvalue weighted by atomic mass is 16.1. The van der Waals surface area contributed by atoms with Gasteiger partial charge in [-0.05, 0) is 63.1 Å². The molecule has 2 N–H and O–H groups in total. The minimum atomic E-state index is -0.129. The van der Waals surface area contributed by atoms with Crippen molar-refractivity contribution >= 4 is 23.0 Å². The van der Waals surface area contributed by atoms with E-state index in [0.29, 0.717) is 12.2 Å². The third-order valence-corrected chi connectivity index (χ3v) is 4.43. The minimum absolute atomic E-state index is 0.129. The van der Waals surface area contributed by atoms with Crippen LogP contribution in [0, 0.1) is 6.92 Å². The first-order valence-corrected chi connectivity index (χ1v) is 9.45. The largest absolute Gasteiger partial charge is 0.372 e. The fraction of sp³-hybridized carbons (Fsp3) is 0.429. The van der Waals surface area contributed by atoms with E-state index in [-0.39, 0.29) is 5.91 Å². The quantitative estimate of drug-likeness (QED) is 0.651. The molecule has 26 heavy (non-hydrogen) atoms. The summed E-state index contributed by atoms with van der Waals surface area (Å²) in [5, 5.41) is 6.30. The fourth-order valence-corrected chi connectivity index (χ4v) is 2.83. The molecule has 5 nitrogen and oxygen atoms in total. The molecule has 2 rings (SSSR count). The van der Waals surface area contributed by atoms with Crippen LogP contribution in [0.15, 0.2) is 36.5 Å². The lowest BCUT2D eigenvalue weighted by molar-refractivity contribution is 0.0948. The zero-order valence-corrected chi connectivity index (χ0v) is 16.3.